The zero-order valence-electron chi connectivity index (χ0n) is 39.3. The van der Waals surface area contributed by atoms with Gasteiger partial charge in [0.15, 0.2) is 0 Å². The predicted octanol–water partition coefficient (Wildman–Crippen LogP) is 7.32. The number of rotatable bonds is 12. The van der Waals surface area contributed by atoms with Gasteiger partial charge in [-0.2, -0.15) is 0 Å². The van der Waals surface area contributed by atoms with E-state index in [1.54, 1.807) is 0 Å². The molecule has 12 heteroatoms. The van der Waals surface area contributed by atoms with Crippen LogP contribution in [0.1, 0.15) is 178 Å². The molecule has 4 saturated heterocycles. The standard InChI is InChI=1S/C47H76N4O8/c1-40(2)20-28(44(9,10)48-40)24-56-36(52)32-18-34(38(54)58-26-30-22-42(5,6)50-46(30,13)14)35(39(55)59-27-31-23-43(7,8)51(17)47(31,15)16)19-33(32)37(53)57-25-29-21-41(3,4)49-45(29,11)12/h18-19,28-31,48-50H,20-27H2,1-17H3. The number of hydrogen-bond donors (Lipinski definition) is 3. The Labute approximate surface area is 354 Å². The SMILES string of the molecule is CN1C(C)(C)CC(COC(=O)c2cc(C(=O)OCC3CC(C)(C)NC3(C)C)c(C(=O)OCC3CC(C)(C)NC3(C)C)cc2C(=O)OCC2CC(C)(C)NC2(C)C)C1(C)C. The molecular weight excluding hydrogens is 749 g/mol. The molecular formula is C47H76N4O8. The van der Waals surface area contributed by atoms with Crippen LogP contribution in [0.15, 0.2) is 12.1 Å². The van der Waals surface area contributed by atoms with Crippen LogP contribution in [0.5, 0.6) is 0 Å². The second-order valence-corrected chi connectivity index (χ2v) is 23.2. The quantitative estimate of drug-likeness (QED) is 0.144. The summed E-state index contributed by atoms with van der Waals surface area (Å²) < 4.78 is 24.0. The first-order valence-corrected chi connectivity index (χ1v) is 21.7. The maximum Gasteiger partial charge on any atom is 0.339 e. The minimum absolute atomic E-state index is 0.00655. The number of nitrogens with zero attached hydrogens (tertiary/aromatic N) is 1. The Morgan fingerprint density at radius 1 is 0.475 bits per heavy atom. The molecule has 4 aliphatic heterocycles. The Morgan fingerprint density at radius 3 is 0.932 bits per heavy atom. The van der Waals surface area contributed by atoms with Gasteiger partial charge in [0.2, 0.25) is 0 Å². The summed E-state index contributed by atoms with van der Waals surface area (Å²) in [5.74, 6) is -3.24. The lowest BCUT2D eigenvalue weighted by atomic mass is 9.87. The van der Waals surface area contributed by atoms with Crippen molar-refractivity contribution >= 4 is 23.9 Å². The number of carbonyl (C=O) groups excluding carboxylic acids is 4. The van der Waals surface area contributed by atoms with Crippen LogP contribution >= 0.6 is 0 Å². The van der Waals surface area contributed by atoms with Crippen molar-refractivity contribution in [3.8, 4) is 0 Å². The molecule has 0 saturated carbocycles. The van der Waals surface area contributed by atoms with E-state index in [-0.39, 0.29) is 117 Å². The molecule has 4 atom stereocenters. The monoisotopic (exact) mass is 825 g/mol. The number of nitrogens with one attached hydrogen (secondary N) is 3. The van der Waals surface area contributed by atoms with Gasteiger partial charge >= 0.3 is 23.9 Å². The molecule has 0 amide bonds. The summed E-state index contributed by atoms with van der Waals surface area (Å²) in [4.78, 5) is 59.4. The third kappa shape index (κ3) is 10.2. The number of benzene rings is 1. The van der Waals surface area contributed by atoms with Crippen molar-refractivity contribution < 1.29 is 38.1 Å². The topological polar surface area (TPSA) is 145 Å². The number of carbonyl (C=O) groups is 4. The van der Waals surface area contributed by atoms with Crippen LogP contribution in [0.25, 0.3) is 0 Å². The van der Waals surface area contributed by atoms with Gasteiger partial charge in [0.05, 0.1) is 48.7 Å². The molecule has 1 aromatic rings. The second-order valence-electron chi connectivity index (χ2n) is 23.2. The average molecular weight is 825 g/mol. The smallest absolute Gasteiger partial charge is 0.339 e. The van der Waals surface area contributed by atoms with E-state index in [4.69, 9.17) is 18.9 Å². The molecule has 332 valence electrons. The number of likely N-dealkylation sites (tertiary alicyclic amines) is 1. The molecule has 12 nitrogen and oxygen atoms in total. The zero-order chi connectivity index (χ0) is 44.5. The van der Waals surface area contributed by atoms with Crippen molar-refractivity contribution in [2.24, 2.45) is 23.7 Å². The van der Waals surface area contributed by atoms with Crippen molar-refractivity contribution in [1.29, 1.82) is 0 Å². The van der Waals surface area contributed by atoms with Gasteiger partial charge in [0, 0.05) is 68.0 Å². The molecule has 5 rings (SSSR count). The first kappa shape index (κ1) is 47.0. The summed E-state index contributed by atoms with van der Waals surface area (Å²) in [6.07, 6.45) is 3.08. The number of esters is 4. The van der Waals surface area contributed by atoms with Gasteiger partial charge in [-0.05, 0) is 156 Å². The molecule has 3 N–H and O–H groups in total. The molecule has 0 aromatic heterocycles. The largest absolute Gasteiger partial charge is 0.462 e. The van der Waals surface area contributed by atoms with Crippen LogP contribution in [0.3, 0.4) is 0 Å². The summed E-state index contributed by atoms with van der Waals surface area (Å²) in [5.41, 5.74) is -2.53. The molecule has 0 aliphatic carbocycles. The first-order valence-electron chi connectivity index (χ1n) is 21.7. The normalized spacial score (nSPS) is 29.2. The van der Waals surface area contributed by atoms with Crippen LogP contribution in [-0.2, 0) is 18.9 Å². The van der Waals surface area contributed by atoms with E-state index in [2.05, 4.69) is 139 Å². The highest BCUT2D eigenvalue weighted by atomic mass is 16.5. The Kier molecular flexibility index (Phi) is 12.5. The van der Waals surface area contributed by atoms with E-state index in [0.717, 1.165) is 25.7 Å². The fourth-order valence-electron chi connectivity index (χ4n) is 11.1. The molecule has 4 aliphatic rings. The molecule has 4 unspecified atom stereocenters. The van der Waals surface area contributed by atoms with Crippen molar-refractivity contribution in [2.75, 3.05) is 33.5 Å². The zero-order valence-corrected chi connectivity index (χ0v) is 39.3. The van der Waals surface area contributed by atoms with Crippen LogP contribution < -0.4 is 16.0 Å². The second kappa shape index (κ2) is 15.7. The highest BCUT2D eigenvalue weighted by Crippen LogP contribution is 2.44. The van der Waals surface area contributed by atoms with Crippen molar-refractivity contribution in [3.05, 3.63) is 34.4 Å². The molecule has 4 fully saturated rings. The maximum atomic E-state index is 14.3. The lowest BCUT2D eigenvalue weighted by Gasteiger charge is -2.38. The lowest BCUT2D eigenvalue weighted by Crippen LogP contribution is -2.47. The Morgan fingerprint density at radius 2 is 0.729 bits per heavy atom. The Balaban J connectivity index is 1.52. The minimum Gasteiger partial charge on any atom is -0.462 e. The molecule has 59 heavy (non-hydrogen) atoms. The average Bonchev–Trinajstić information content (AvgIpc) is 3.60. The van der Waals surface area contributed by atoms with E-state index in [9.17, 15) is 19.2 Å². The molecule has 4 heterocycles. The van der Waals surface area contributed by atoms with Crippen molar-refractivity contribution in [1.82, 2.24) is 20.9 Å². The summed E-state index contributed by atoms with van der Waals surface area (Å²) in [6.45, 7) is 34.0. The van der Waals surface area contributed by atoms with E-state index in [1.807, 2.05) is 0 Å². The first-order chi connectivity index (χ1) is 26.7. The summed E-state index contributed by atoms with van der Waals surface area (Å²) in [7, 11) is 2.07. The Bertz CT molecular complexity index is 1810. The predicted molar refractivity (Wildman–Crippen MR) is 230 cm³/mol. The highest BCUT2D eigenvalue weighted by Gasteiger charge is 2.50. The lowest BCUT2D eigenvalue weighted by molar-refractivity contribution is 0.0302. The fraction of sp³-hybridized carbons (Fsp3) is 0.787. The van der Waals surface area contributed by atoms with E-state index < -0.39 is 23.9 Å². The highest BCUT2D eigenvalue weighted by molar-refractivity contribution is 6.10. The van der Waals surface area contributed by atoms with Crippen LogP contribution in [0.2, 0.25) is 0 Å². The van der Waals surface area contributed by atoms with Crippen molar-refractivity contribution in [2.45, 2.75) is 181 Å². The Hall–Kier alpha value is -3.06. The van der Waals surface area contributed by atoms with Gasteiger partial charge in [0.1, 0.15) is 0 Å². The molecule has 0 bridgehead atoms. The van der Waals surface area contributed by atoms with Crippen LogP contribution in [0, 0.1) is 23.7 Å². The van der Waals surface area contributed by atoms with Gasteiger partial charge in [-0.3, -0.25) is 4.90 Å². The van der Waals surface area contributed by atoms with E-state index in [1.165, 1.54) is 12.1 Å². The van der Waals surface area contributed by atoms with Crippen LogP contribution in [-0.4, -0.2) is 107 Å². The summed E-state index contributed by atoms with van der Waals surface area (Å²) >= 11 is 0. The summed E-state index contributed by atoms with van der Waals surface area (Å²) in [6, 6.07) is 2.53. The van der Waals surface area contributed by atoms with E-state index in [0.29, 0.717) is 0 Å². The third-order valence-electron chi connectivity index (χ3n) is 14.5. The van der Waals surface area contributed by atoms with Gasteiger partial charge in [-0.25, -0.2) is 19.2 Å². The number of ether oxygens (including phenoxy) is 4. The van der Waals surface area contributed by atoms with Gasteiger partial charge in [-0.15, -0.1) is 0 Å². The fourth-order valence-corrected chi connectivity index (χ4v) is 11.1. The number of hydrogen-bond acceptors (Lipinski definition) is 12. The van der Waals surface area contributed by atoms with Gasteiger partial charge in [0.25, 0.3) is 0 Å². The van der Waals surface area contributed by atoms with Crippen molar-refractivity contribution in [3.63, 3.8) is 0 Å². The molecule has 1 aromatic carbocycles. The summed E-state index contributed by atoms with van der Waals surface area (Å²) in [5, 5.41) is 10.8. The van der Waals surface area contributed by atoms with Gasteiger partial charge in [-0.1, -0.05) is 0 Å². The molecule has 0 spiro atoms. The maximum absolute atomic E-state index is 14.3. The van der Waals surface area contributed by atoms with Crippen LogP contribution in [0.4, 0.5) is 0 Å². The van der Waals surface area contributed by atoms with E-state index >= 15 is 0 Å². The van der Waals surface area contributed by atoms with Gasteiger partial charge < -0.3 is 34.9 Å². The molecule has 0 radical (unpaired) electrons. The minimum atomic E-state index is -0.795. The third-order valence-corrected chi connectivity index (χ3v) is 14.5.